The molecule has 1 amide bonds. The van der Waals surface area contributed by atoms with Gasteiger partial charge in [0, 0.05) is 18.4 Å². The van der Waals surface area contributed by atoms with Crippen molar-refractivity contribution in [2.24, 2.45) is 0 Å². The number of carbonyl (C=O) groups is 1. The van der Waals surface area contributed by atoms with Crippen molar-refractivity contribution in [1.29, 1.82) is 0 Å². The van der Waals surface area contributed by atoms with Gasteiger partial charge in [0.15, 0.2) is 0 Å². The van der Waals surface area contributed by atoms with Crippen molar-refractivity contribution >= 4 is 5.91 Å². The summed E-state index contributed by atoms with van der Waals surface area (Å²) < 4.78 is 45.6. The van der Waals surface area contributed by atoms with Crippen LogP contribution < -0.4 is 10.9 Å². The molecular formula is C22H19F3N4O4. The van der Waals surface area contributed by atoms with Crippen LogP contribution in [0.3, 0.4) is 0 Å². The maximum absolute atomic E-state index is 13.8. The van der Waals surface area contributed by atoms with E-state index >= 15 is 0 Å². The minimum Gasteiger partial charge on any atom is -0.391 e. The number of aliphatic hydroxyl groups is 1. The second-order valence-electron chi connectivity index (χ2n) is 7.42. The molecule has 3 aromatic rings. The summed E-state index contributed by atoms with van der Waals surface area (Å²) in [5, 5.41) is 16.9. The van der Waals surface area contributed by atoms with Gasteiger partial charge in [-0.15, -0.1) is 0 Å². The fraction of sp³-hybridized carbons (Fsp3) is 0.273. The highest BCUT2D eigenvalue weighted by atomic mass is 19.3. The summed E-state index contributed by atoms with van der Waals surface area (Å²) in [6.45, 7) is 0.420. The number of benzene rings is 1. The van der Waals surface area contributed by atoms with E-state index in [4.69, 9.17) is 4.74 Å². The number of rotatable bonds is 5. The van der Waals surface area contributed by atoms with E-state index in [-0.39, 0.29) is 29.1 Å². The molecule has 1 aromatic carbocycles. The van der Waals surface area contributed by atoms with Gasteiger partial charge in [-0.3, -0.25) is 14.6 Å². The third kappa shape index (κ3) is 4.94. The summed E-state index contributed by atoms with van der Waals surface area (Å²) in [7, 11) is 0. The number of halogens is 3. The van der Waals surface area contributed by atoms with Crippen LogP contribution in [0.1, 0.15) is 28.9 Å². The van der Waals surface area contributed by atoms with Gasteiger partial charge in [0.05, 0.1) is 30.1 Å². The molecule has 4 rings (SSSR count). The molecule has 0 radical (unpaired) electrons. The molecule has 3 heterocycles. The normalized spacial score (nSPS) is 18.3. The molecule has 2 aromatic heterocycles. The number of amides is 1. The fourth-order valence-electron chi connectivity index (χ4n) is 3.38. The van der Waals surface area contributed by atoms with Gasteiger partial charge in [-0.2, -0.15) is 9.78 Å². The maximum atomic E-state index is 13.8. The second kappa shape index (κ2) is 9.51. The van der Waals surface area contributed by atoms with E-state index < -0.39 is 41.5 Å². The predicted molar refractivity (Wildman–Crippen MR) is 111 cm³/mol. The average Bonchev–Trinajstić information content (AvgIpc) is 2.80. The Morgan fingerprint density at radius 3 is 2.73 bits per heavy atom. The minimum atomic E-state index is -2.77. The second-order valence-corrected chi connectivity index (χ2v) is 7.42. The Balaban J connectivity index is 1.79. The Bertz CT molecular complexity index is 1220. The average molecular weight is 460 g/mol. The molecule has 0 aliphatic carbocycles. The third-order valence-corrected chi connectivity index (χ3v) is 5.15. The standard InChI is InChI=1S/C22H19F3N4O4/c23-13-2-1-3-14(8-13)29-22(32)15(21(31)27-18-11-33-7-6-19(18)30)9-17(28-29)12-4-5-16(20(24)25)26-10-12/h1-5,8-10,18-20,30H,6-7,11H2,(H,27,31)/t18-,19-/m0/s1. The first-order valence-corrected chi connectivity index (χ1v) is 10.0. The highest BCUT2D eigenvalue weighted by molar-refractivity contribution is 5.95. The zero-order valence-corrected chi connectivity index (χ0v) is 17.1. The van der Waals surface area contributed by atoms with E-state index in [1.165, 1.54) is 30.3 Å². The van der Waals surface area contributed by atoms with Gasteiger partial charge in [0.1, 0.15) is 17.1 Å². The molecule has 0 saturated carbocycles. The first kappa shape index (κ1) is 22.6. The van der Waals surface area contributed by atoms with Crippen LogP contribution in [-0.2, 0) is 4.74 Å². The van der Waals surface area contributed by atoms with Crippen LogP contribution in [0.4, 0.5) is 13.2 Å². The maximum Gasteiger partial charge on any atom is 0.284 e. The lowest BCUT2D eigenvalue weighted by molar-refractivity contribution is -0.0140. The molecule has 0 bridgehead atoms. The van der Waals surface area contributed by atoms with Crippen molar-refractivity contribution in [3.8, 4) is 16.9 Å². The lowest BCUT2D eigenvalue weighted by Crippen LogP contribution is -2.50. The van der Waals surface area contributed by atoms with Gasteiger partial charge in [-0.25, -0.2) is 13.2 Å². The molecule has 0 unspecified atom stereocenters. The van der Waals surface area contributed by atoms with E-state index in [0.29, 0.717) is 13.0 Å². The Labute approximate surface area is 185 Å². The highest BCUT2D eigenvalue weighted by Gasteiger charge is 2.27. The number of aromatic nitrogens is 3. The van der Waals surface area contributed by atoms with E-state index in [2.05, 4.69) is 15.4 Å². The van der Waals surface area contributed by atoms with Crippen LogP contribution in [-0.4, -0.2) is 51.1 Å². The largest absolute Gasteiger partial charge is 0.391 e. The molecule has 172 valence electrons. The van der Waals surface area contributed by atoms with Gasteiger partial charge in [0.2, 0.25) is 0 Å². The number of nitrogens with zero attached hydrogens (tertiary/aromatic N) is 3. The van der Waals surface area contributed by atoms with Gasteiger partial charge in [-0.05, 0) is 42.8 Å². The van der Waals surface area contributed by atoms with Crippen molar-refractivity contribution in [1.82, 2.24) is 20.1 Å². The number of alkyl halides is 2. The quantitative estimate of drug-likeness (QED) is 0.605. The summed E-state index contributed by atoms with van der Waals surface area (Å²) in [5.41, 5.74) is -1.20. The smallest absolute Gasteiger partial charge is 0.284 e. The number of ether oxygens (including phenoxy) is 1. The molecule has 1 fully saturated rings. The molecule has 1 aliphatic rings. The zero-order valence-electron chi connectivity index (χ0n) is 17.1. The van der Waals surface area contributed by atoms with Gasteiger partial charge >= 0.3 is 0 Å². The van der Waals surface area contributed by atoms with Gasteiger partial charge in [-0.1, -0.05) is 6.07 Å². The van der Waals surface area contributed by atoms with E-state index in [1.54, 1.807) is 0 Å². The summed E-state index contributed by atoms with van der Waals surface area (Å²) in [6.07, 6.45) is -2.15. The molecule has 33 heavy (non-hydrogen) atoms. The van der Waals surface area contributed by atoms with E-state index in [9.17, 15) is 27.9 Å². The summed E-state index contributed by atoms with van der Waals surface area (Å²) in [4.78, 5) is 29.7. The van der Waals surface area contributed by atoms with E-state index in [0.717, 1.165) is 23.0 Å². The number of nitrogens with one attached hydrogen (secondary N) is 1. The lowest BCUT2D eigenvalue weighted by Gasteiger charge is -2.28. The van der Waals surface area contributed by atoms with Crippen molar-refractivity contribution in [3.63, 3.8) is 0 Å². The highest BCUT2D eigenvalue weighted by Crippen LogP contribution is 2.21. The van der Waals surface area contributed by atoms with Crippen molar-refractivity contribution in [2.45, 2.75) is 25.0 Å². The van der Waals surface area contributed by atoms with Gasteiger partial charge in [0.25, 0.3) is 17.9 Å². The number of aliphatic hydroxyl groups excluding tert-OH is 1. The van der Waals surface area contributed by atoms with Crippen molar-refractivity contribution in [3.05, 3.63) is 76.1 Å². The third-order valence-electron chi connectivity index (χ3n) is 5.15. The Morgan fingerprint density at radius 1 is 1.24 bits per heavy atom. The number of hydrogen-bond acceptors (Lipinski definition) is 6. The molecule has 0 spiro atoms. The zero-order chi connectivity index (χ0) is 23.5. The summed E-state index contributed by atoms with van der Waals surface area (Å²) in [5.74, 6) is -1.41. The lowest BCUT2D eigenvalue weighted by atomic mass is 10.1. The fourth-order valence-corrected chi connectivity index (χ4v) is 3.38. The van der Waals surface area contributed by atoms with Gasteiger partial charge < -0.3 is 15.2 Å². The molecule has 11 heteroatoms. The van der Waals surface area contributed by atoms with Crippen LogP contribution >= 0.6 is 0 Å². The molecular weight excluding hydrogens is 441 g/mol. The van der Waals surface area contributed by atoms with Crippen LogP contribution in [0, 0.1) is 5.82 Å². The van der Waals surface area contributed by atoms with Crippen LogP contribution in [0.25, 0.3) is 16.9 Å². The molecule has 2 atom stereocenters. The number of carbonyl (C=O) groups excluding carboxylic acids is 1. The summed E-state index contributed by atoms with van der Waals surface area (Å²) >= 11 is 0. The van der Waals surface area contributed by atoms with Crippen LogP contribution in [0.15, 0.2) is 53.5 Å². The first-order chi connectivity index (χ1) is 15.8. The molecule has 8 nitrogen and oxygen atoms in total. The topological polar surface area (TPSA) is 106 Å². The predicted octanol–water partition coefficient (Wildman–Crippen LogP) is 2.25. The SMILES string of the molecule is O=C(N[C@H]1COCC[C@@H]1O)c1cc(-c2ccc(C(F)F)nc2)nn(-c2cccc(F)c2)c1=O. The van der Waals surface area contributed by atoms with Crippen LogP contribution in [0.5, 0.6) is 0 Å². The monoisotopic (exact) mass is 460 g/mol. The molecule has 1 saturated heterocycles. The number of hydrogen-bond donors (Lipinski definition) is 2. The Morgan fingerprint density at radius 2 is 2.06 bits per heavy atom. The number of pyridine rings is 1. The molecule has 1 aliphatic heterocycles. The van der Waals surface area contributed by atoms with Crippen LogP contribution in [0.2, 0.25) is 0 Å². The Kier molecular flexibility index (Phi) is 6.52. The minimum absolute atomic E-state index is 0.0640. The first-order valence-electron chi connectivity index (χ1n) is 10.0. The van der Waals surface area contributed by atoms with Crippen molar-refractivity contribution in [2.75, 3.05) is 13.2 Å². The van der Waals surface area contributed by atoms with E-state index in [1.807, 2.05) is 0 Å². The molecule has 2 N–H and O–H groups in total. The Hall–Kier alpha value is -3.57. The van der Waals surface area contributed by atoms with Crippen molar-refractivity contribution < 1.29 is 27.8 Å². The summed E-state index contributed by atoms with van der Waals surface area (Å²) in [6, 6.07) is 7.96.